The molecule has 3 aromatic rings. The van der Waals surface area contributed by atoms with Gasteiger partial charge in [0.1, 0.15) is 0 Å². The highest BCUT2D eigenvalue weighted by molar-refractivity contribution is 6.30. The van der Waals surface area contributed by atoms with Gasteiger partial charge < -0.3 is 4.57 Å². The normalized spacial score (nSPS) is 17.9. The third-order valence-electron chi connectivity index (χ3n) is 5.18. The second-order valence-corrected chi connectivity index (χ2v) is 7.54. The molecule has 6 heteroatoms. The third kappa shape index (κ3) is 3.96. The minimum Gasteiger partial charge on any atom is -0.350 e. The van der Waals surface area contributed by atoms with Crippen molar-refractivity contribution in [1.82, 2.24) is 9.47 Å². The molecule has 2 nitrogen and oxygen atoms in total. The summed E-state index contributed by atoms with van der Waals surface area (Å²) < 4.78 is 41.2. The molecule has 0 spiro atoms. The van der Waals surface area contributed by atoms with E-state index >= 15 is 0 Å². The van der Waals surface area contributed by atoms with Gasteiger partial charge in [-0.15, -0.1) is 0 Å². The minimum atomic E-state index is -4.33. The average Bonchev–Trinajstić information content (AvgIpc) is 3.03. The Balaban J connectivity index is 1.72. The number of hydrogen-bond acceptors (Lipinski definition) is 1. The van der Waals surface area contributed by atoms with Crippen molar-refractivity contribution in [2.75, 3.05) is 6.54 Å². The summed E-state index contributed by atoms with van der Waals surface area (Å²) in [5.41, 5.74) is 2.42. The number of halogens is 4. The van der Waals surface area contributed by atoms with E-state index in [0.29, 0.717) is 11.6 Å². The highest BCUT2D eigenvalue weighted by atomic mass is 35.5. The smallest absolute Gasteiger partial charge is 0.350 e. The fraction of sp³-hybridized carbons (Fsp3) is 0.273. The van der Waals surface area contributed by atoms with Crippen LogP contribution in [0.15, 0.2) is 66.9 Å². The summed E-state index contributed by atoms with van der Waals surface area (Å²) in [7, 11) is 0. The predicted octanol–water partition coefficient (Wildman–Crippen LogP) is 6.16. The van der Waals surface area contributed by atoms with Crippen LogP contribution in [0.4, 0.5) is 13.2 Å². The van der Waals surface area contributed by atoms with Crippen LogP contribution in [-0.2, 0) is 19.3 Å². The molecule has 1 atom stereocenters. The molecule has 0 fully saturated rings. The standard InChI is InChI=1S/C22H20ClF3N2/c23-19-5-1-4-16(14-19)15-28-13-3-12-27-11-2-6-20(27)21(28)17-7-9-18(10-8-17)22(24,25)26/h1-2,4-11,14,21H,3,12-13,15H2. The van der Waals surface area contributed by atoms with E-state index in [1.165, 1.54) is 12.1 Å². The largest absolute Gasteiger partial charge is 0.416 e. The first-order valence-electron chi connectivity index (χ1n) is 9.22. The molecule has 0 bridgehead atoms. The Kier molecular flexibility index (Phi) is 5.21. The molecular formula is C22H20ClF3N2. The highest BCUT2D eigenvalue weighted by Gasteiger charge is 2.32. The van der Waals surface area contributed by atoms with Crippen molar-refractivity contribution in [2.24, 2.45) is 0 Å². The Morgan fingerprint density at radius 1 is 0.964 bits per heavy atom. The molecule has 1 aliphatic heterocycles. The number of fused-ring (bicyclic) bond motifs is 1. The van der Waals surface area contributed by atoms with E-state index < -0.39 is 11.7 Å². The maximum Gasteiger partial charge on any atom is 0.416 e. The van der Waals surface area contributed by atoms with Crippen molar-refractivity contribution >= 4 is 11.6 Å². The van der Waals surface area contributed by atoms with Gasteiger partial charge in [0.25, 0.3) is 0 Å². The van der Waals surface area contributed by atoms with Gasteiger partial charge in [0.15, 0.2) is 0 Å². The van der Waals surface area contributed by atoms with E-state index in [1.54, 1.807) is 12.1 Å². The van der Waals surface area contributed by atoms with Crippen molar-refractivity contribution in [3.05, 3.63) is 94.3 Å². The highest BCUT2D eigenvalue weighted by Crippen LogP contribution is 2.35. The van der Waals surface area contributed by atoms with E-state index in [4.69, 9.17) is 11.6 Å². The van der Waals surface area contributed by atoms with E-state index in [-0.39, 0.29) is 6.04 Å². The molecule has 1 aromatic heterocycles. The Morgan fingerprint density at radius 2 is 1.75 bits per heavy atom. The lowest BCUT2D eigenvalue weighted by Crippen LogP contribution is -2.29. The molecule has 0 radical (unpaired) electrons. The Bertz CT molecular complexity index is 947. The monoisotopic (exact) mass is 404 g/mol. The fourth-order valence-electron chi connectivity index (χ4n) is 3.92. The predicted molar refractivity (Wildman–Crippen MR) is 104 cm³/mol. The summed E-state index contributed by atoms with van der Waals surface area (Å²) in [5, 5.41) is 0.682. The lowest BCUT2D eigenvalue weighted by Gasteiger charge is -2.31. The van der Waals surface area contributed by atoms with Crippen LogP contribution >= 0.6 is 11.6 Å². The zero-order valence-electron chi connectivity index (χ0n) is 15.2. The van der Waals surface area contributed by atoms with Crippen molar-refractivity contribution in [1.29, 1.82) is 0 Å². The number of rotatable bonds is 3. The minimum absolute atomic E-state index is 0.112. The maximum absolute atomic E-state index is 13.0. The molecule has 146 valence electrons. The molecule has 0 N–H and O–H groups in total. The molecule has 1 unspecified atom stereocenters. The first kappa shape index (κ1) is 19.1. The summed E-state index contributed by atoms with van der Waals surface area (Å²) in [6, 6.07) is 17.2. The van der Waals surface area contributed by atoms with Crippen LogP contribution in [-0.4, -0.2) is 16.0 Å². The van der Waals surface area contributed by atoms with Crippen molar-refractivity contribution in [3.8, 4) is 0 Å². The fourth-order valence-corrected chi connectivity index (χ4v) is 4.13. The van der Waals surface area contributed by atoms with Crippen LogP contribution in [0.3, 0.4) is 0 Å². The van der Waals surface area contributed by atoms with Gasteiger partial charge >= 0.3 is 6.18 Å². The van der Waals surface area contributed by atoms with Crippen molar-refractivity contribution < 1.29 is 13.2 Å². The van der Waals surface area contributed by atoms with E-state index in [1.807, 2.05) is 36.5 Å². The zero-order chi connectivity index (χ0) is 19.7. The second-order valence-electron chi connectivity index (χ2n) is 7.10. The maximum atomic E-state index is 13.0. The number of aromatic nitrogens is 1. The van der Waals surface area contributed by atoms with Gasteiger partial charge in [-0.3, -0.25) is 4.90 Å². The SMILES string of the molecule is FC(F)(F)c1ccc(C2c3cccn3CCCN2Cc2cccc(Cl)c2)cc1. The lowest BCUT2D eigenvalue weighted by molar-refractivity contribution is -0.137. The second kappa shape index (κ2) is 7.64. The summed E-state index contributed by atoms with van der Waals surface area (Å²) in [6.07, 6.45) is -1.32. The van der Waals surface area contributed by atoms with Crippen LogP contribution in [0.1, 0.15) is 34.8 Å². The Labute approximate surface area is 167 Å². The Hall–Kier alpha value is -2.24. The molecule has 2 aromatic carbocycles. The Morgan fingerprint density at radius 3 is 2.46 bits per heavy atom. The van der Waals surface area contributed by atoms with Gasteiger partial charge in [-0.25, -0.2) is 0 Å². The average molecular weight is 405 g/mol. The summed E-state index contributed by atoms with van der Waals surface area (Å²) >= 11 is 6.14. The first-order chi connectivity index (χ1) is 13.4. The molecule has 0 aliphatic carbocycles. The number of benzene rings is 2. The molecule has 0 amide bonds. The molecule has 2 heterocycles. The number of hydrogen-bond donors (Lipinski definition) is 0. The van der Waals surface area contributed by atoms with E-state index in [9.17, 15) is 13.2 Å². The molecule has 1 aliphatic rings. The zero-order valence-corrected chi connectivity index (χ0v) is 15.9. The van der Waals surface area contributed by atoms with Gasteiger partial charge in [0.05, 0.1) is 11.6 Å². The van der Waals surface area contributed by atoms with Crippen LogP contribution in [0, 0.1) is 0 Å². The summed E-state index contributed by atoms with van der Waals surface area (Å²) in [5.74, 6) is 0. The number of aryl methyl sites for hydroxylation is 1. The molecule has 28 heavy (non-hydrogen) atoms. The van der Waals surface area contributed by atoms with Gasteiger partial charge in [0, 0.05) is 36.5 Å². The van der Waals surface area contributed by atoms with Crippen LogP contribution in [0.2, 0.25) is 5.02 Å². The molecular weight excluding hydrogens is 385 g/mol. The van der Waals surface area contributed by atoms with Gasteiger partial charge in [-0.2, -0.15) is 13.2 Å². The van der Waals surface area contributed by atoms with Crippen LogP contribution in [0.5, 0.6) is 0 Å². The van der Waals surface area contributed by atoms with Gasteiger partial charge in [-0.05, 0) is 53.9 Å². The van der Waals surface area contributed by atoms with Crippen molar-refractivity contribution in [3.63, 3.8) is 0 Å². The van der Waals surface area contributed by atoms with Crippen LogP contribution in [0.25, 0.3) is 0 Å². The summed E-state index contributed by atoms with van der Waals surface area (Å²) in [6.45, 7) is 2.42. The van der Waals surface area contributed by atoms with E-state index in [0.717, 1.165) is 36.3 Å². The van der Waals surface area contributed by atoms with Crippen molar-refractivity contribution in [2.45, 2.75) is 31.7 Å². The quantitative estimate of drug-likeness (QED) is 0.508. The number of nitrogens with zero attached hydrogens (tertiary/aromatic N) is 2. The van der Waals surface area contributed by atoms with E-state index in [2.05, 4.69) is 15.5 Å². The van der Waals surface area contributed by atoms with Gasteiger partial charge in [0.2, 0.25) is 0 Å². The van der Waals surface area contributed by atoms with Crippen LogP contribution < -0.4 is 0 Å². The first-order valence-corrected chi connectivity index (χ1v) is 9.60. The number of alkyl halides is 3. The molecule has 0 saturated carbocycles. The molecule has 0 saturated heterocycles. The van der Waals surface area contributed by atoms with Gasteiger partial charge in [-0.1, -0.05) is 35.9 Å². The topological polar surface area (TPSA) is 8.17 Å². The third-order valence-corrected chi connectivity index (χ3v) is 5.42. The summed E-state index contributed by atoms with van der Waals surface area (Å²) in [4.78, 5) is 2.31. The molecule has 4 rings (SSSR count). The lowest BCUT2D eigenvalue weighted by atomic mass is 9.99.